The van der Waals surface area contributed by atoms with Crippen molar-refractivity contribution in [3.63, 3.8) is 0 Å². The van der Waals surface area contributed by atoms with E-state index in [1.165, 1.54) is 63.4 Å². The van der Waals surface area contributed by atoms with Gasteiger partial charge in [-0.1, -0.05) is 101 Å². The first-order chi connectivity index (χ1) is 15.2. The van der Waals surface area contributed by atoms with Crippen molar-refractivity contribution >= 4 is 11.9 Å². The first-order valence-corrected chi connectivity index (χ1v) is 12.1. The van der Waals surface area contributed by atoms with E-state index in [9.17, 15) is 9.59 Å². The fourth-order valence-corrected chi connectivity index (χ4v) is 3.36. The molecule has 0 saturated heterocycles. The molecule has 1 rings (SSSR count). The van der Waals surface area contributed by atoms with Crippen molar-refractivity contribution in [2.45, 2.75) is 90.4 Å². The predicted octanol–water partition coefficient (Wildman–Crippen LogP) is 6.03. The van der Waals surface area contributed by atoms with Gasteiger partial charge in [-0.25, -0.2) is 9.59 Å². The normalized spacial score (nSPS) is 10.7. The molecule has 5 heteroatoms. The molecule has 0 aliphatic heterocycles. The maximum Gasteiger partial charge on any atom is 0.332 e. The molecule has 0 aromatic heterocycles. The van der Waals surface area contributed by atoms with Crippen molar-refractivity contribution in [1.82, 2.24) is 0 Å². The van der Waals surface area contributed by atoms with Crippen LogP contribution in [0.15, 0.2) is 30.3 Å². The van der Waals surface area contributed by atoms with Crippen LogP contribution in [-0.4, -0.2) is 38.4 Å². The molecule has 0 radical (unpaired) electrons. The van der Waals surface area contributed by atoms with Gasteiger partial charge in [0.25, 0.3) is 0 Å². The molecule has 0 atom stereocenters. The number of unbranched alkanes of at least 4 members (excludes halogenated alkanes) is 10. The Morgan fingerprint density at radius 1 is 0.645 bits per heavy atom. The summed E-state index contributed by atoms with van der Waals surface area (Å²) in [4.78, 5) is 23.2. The summed E-state index contributed by atoms with van der Waals surface area (Å²) in [5.74, 6) is -0.879. The van der Waals surface area contributed by atoms with Gasteiger partial charge in [-0.3, -0.25) is 0 Å². The van der Waals surface area contributed by atoms with Crippen molar-refractivity contribution in [1.29, 1.82) is 0 Å². The third kappa shape index (κ3) is 17.5. The summed E-state index contributed by atoms with van der Waals surface area (Å²) in [6.45, 7) is 2.58. The van der Waals surface area contributed by atoms with E-state index in [1.54, 1.807) is 0 Å². The van der Waals surface area contributed by atoms with Crippen molar-refractivity contribution in [3.05, 3.63) is 35.9 Å². The van der Waals surface area contributed by atoms with Gasteiger partial charge in [0.05, 0.1) is 13.2 Å². The third-order valence-electron chi connectivity index (χ3n) is 5.17. The molecule has 0 heterocycles. The van der Waals surface area contributed by atoms with Crippen LogP contribution in [0.2, 0.25) is 0 Å². The quantitative estimate of drug-likeness (QED) is 0.185. The lowest BCUT2D eigenvalue weighted by Gasteiger charge is -2.07. The molecule has 0 aliphatic rings. The number of carbonyl (C=O) groups excluding carboxylic acids is 2. The summed E-state index contributed by atoms with van der Waals surface area (Å²) in [7, 11) is 0. The third-order valence-corrected chi connectivity index (χ3v) is 5.17. The molecule has 1 aromatic carbocycles. The Bertz CT molecular complexity index is 558. The van der Waals surface area contributed by atoms with Crippen LogP contribution >= 0.6 is 0 Å². The maximum atomic E-state index is 11.6. The zero-order chi connectivity index (χ0) is 22.4. The van der Waals surface area contributed by atoms with E-state index in [0.717, 1.165) is 25.7 Å². The minimum atomic E-state index is -0.453. The van der Waals surface area contributed by atoms with Gasteiger partial charge >= 0.3 is 11.9 Å². The number of carbonyl (C=O) groups is 2. The number of hydrogen-bond acceptors (Lipinski definition) is 5. The minimum absolute atomic E-state index is 0.211. The Hall–Kier alpha value is -1.88. The number of ether oxygens (including phenoxy) is 3. The fraction of sp³-hybridized carbons (Fsp3) is 0.692. The van der Waals surface area contributed by atoms with Gasteiger partial charge in [-0.15, -0.1) is 0 Å². The Kier molecular flexibility index (Phi) is 17.6. The van der Waals surface area contributed by atoms with Crippen molar-refractivity contribution in [2.24, 2.45) is 0 Å². The predicted molar refractivity (Wildman–Crippen MR) is 124 cm³/mol. The van der Waals surface area contributed by atoms with Crippen LogP contribution < -0.4 is 0 Å². The van der Waals surface area contributed by atoms with Crippen LogP contribution in [0, 0.1) is 0 Å². The van der Waals surface area contributed by atoms with E-state index >= 15 is 0 Å². The summed E-state index contributed by atoms with van der Waals surface area (Å²) in [5, 5.41) is 0. The highest BCUT2D eigenvalue weighted by Gasteiger charge is 2.07. The van der Waals surface area contributed by atoms with Gasteiger partial charge in [-0.05, 0) is 24.8 Å². The second-order valence-electron chi connectivity index (χ2n) is 8.06. The molecule has 1 aromatic rings. The van der Waals surface area contributed by atoms with Gasteiger partial charge in [0.1, 0.15) is 13.2 Å². The zero-order valence-electron chi connectivity index (χ0n) is 19.4. The first kappa shape index (κ1) is 27.2. The Morgan fingerprint density at radius 2 is 1.13 bits per heavy atom. The molecule has 0 aliphatic carbocycles. The van der Waals surface area contributed by atoms with Gasteiger partial charge in [0.15, 0.2) is 0 Å². The second kappa shape index (κ2) is 20.0. The van der Waals surface area contributed by atoms with E-state index in [4.69, 9.17) is 14.2 Å². The van der Waals surface area contributed by atoms with Crippen molar-refractivity contribution < 1.29 is 23.8 Å². The summed E-state index contributed by atoms with van der Waals surface area (Å²) >= 11 is 0. The Labute approximate surface area is 188 Å². The number of hydrogen-bond donors (Lipinski definition) is 0. The lowest BCUT2D eigenvalue weighted by atomic mass is 10.1. The molecule has 0 spiro atoms. The van der Waals surface area contributed by atoms with Gasteiger partial charge in [-0.2, -0.15) is 0 Å². The summed E-state index contributed by atoms with van der Waals surface area (Å²) in [6.07, 6.45) is 15.5. The molecule has 0 saturated carbocycles. The standard InChI is InChI=1S/C26H42O5/c1-2-3-4-5-6-7-8-9-10-11-15-20-30-25(27)22-29-23-26(28)31-21-16-19-24-17-13-12-14-18-24/h12-14,17-18H,2-11,15-16,19-23H2,1H3. The molecule has 5 nitrogen and oxygen atoms in total. The second-order valence-corrected chi connectivity index (χ2v) is 8.06. The zero-order valence-corrected chi connectivity index (χ0v) is 19.4. The number of rotatable bonds is 20. The highest BCUT2D eigenvalue weighted by Crippen LogP contribution is 2.11. The van der Waals surface area contributed by atoms with E-state index in [1.807, 2.05) is 30.3 Å². The molecule has 0 N–H and O–H groups in total. The van der Waals surface area contributed by atoms with Gasteiger partial charge in [0, 0.05) is 0 Å². The van der Waals surface area contributed by atoms with Gasteiger partial charge in [0.2, 0.25) is 0 Å². The van der Waals surface area contributed by atoms with E-state index in [-0.39, 0.29) is 13.2 Å². The smallest absolute Gasteiger partial charge is 0.332 e. The van der Waals surface area contributed by atoms with Crippen LogP contribution in [0.3, 0.4) is 0 Å². The van der Waals surface area contributed by atoms with E-state index in [2.05, 4.69) is 6.92 Å². The molecule has 0 bridgehead atoms. The van der Waals surface area contributed by atoms with Crippen LogP contribution in [0.25, 0.3) is 0 Å². The van der Waals surface area contributed by atoms with Crippen LogP contribution in [0.5, 0.6) is 0 Å². The van der Waals surface area contributed by atoms with Gasteiger partial charge < -0.3 is 14.2 Å². The van der Waals surface area contributed by atoms with E-state index < -0.39 is 11.9 Å². The lowest BCUT2D eigenvalue weighted by molar-refractivity contribution is -0.155. The topological polar surface area (TPSA) is 61.8 Å². The maximum absolute atomic E-state index is 11.6. The minimum Gasteiger partial charge on any atom is -0.464 e. The number of benzene rings is 1. The highest BCUT2D eigenvalue weighted by atomic mass is 16.6. The lowest BCUT2D eigenvalue weighted by Crippen LogP contribution is -2.19. The molecular weight excluding hydrogens is 392 g/mol. The largest absolute Gasteiger partial charge is 0.464 e. The van der Waals surface area contributed by atoms with Crippen LogP contribution in [0.1, 0.15) is 89.5 Å². The number of aryl methyl sites for hydroxylation is 1. The van der Waals surface area contributed by atoms with Crippen LogP contribution in [-0.2, 0) is 30.2 Å². The summed E-state index contributed by atoms with van der Waals surface area (Å²) in [6, 6.07) is 10.1. The first-order valence-electron chi connectivity index (χ1n) is 12.1. The Morgan fingerprint density at radius 3 is 1.68 bits per heavy atom. The van der Waals surface area contributed by atoms with E-state index in [0.29, 0.717) is 13.2 Å². The van der Waals surface area contributed by atoms with Crippen molar-refractivity contribution in [2.75, 3.05) is 26.4 Å². The summed E-state index contributed by atoms with van der Waals surface area (Å²) < 4.78 is 15.3. The molecular formula is C26H42O5. The van der Waals surface area contributed by atoms with Crippen molar-refractivity contribution in [3.8, 4) is 0 Å². The van der Waals surface area contributed by atoms with Crippen LogP contribution in [0.4, 0.5) is 0 Å². The SMILES string of the molecule is CCCCCCCCCCCCCOC(=O)COCC(=O)OCCCc1ccccc1. The average Bonchev–Trinajstić information content (AvgIpc) is 2.78. The highest BCUT2D eigenvalue weighted by molar-refractivity contribution is 5.73. The summed E-state index contributed by atoms with van der Waals surface area (Å²) in [5.41, 5.74) is 1.22. The monoisotopic (exact) mass is 434 g/mol. The average molecular weight is 435 g/mol. The molecule has 0 fully saturated rings. The fourth-order valence-electron chi connectivity index (χ4n) is 3.36. The molecule has 0 amide bonds. The molecule has 31 heavy (non-hydrogen) atoms. The number of esters is 2. The molecule has 0 unspecified atom stereocenters. The molecule has 176 valence electrons. The Balaban J connectivity index is 1.83.